The molecule has 2 aromatic heterocycles. The molecule has 0 fully saturated rings. The summed E-state index contributed by atoms with van der Waals surface area (Å²) >= 11 is 0. The fourth-order valence-corrected chi connectivity index (χ4v) is 2.75. The molecule has 0 saturated heterocycles. The van der Waals surface area contributed by atoms with E-state index in [4.69, 9.17) is 4.74 Å². The van der Waals surface area contributed by atoms with Crippen molar-refractivity contribution in [2.45, 2.75) is 13.0 Å². The zero-order valence-corrected chi connectivity index (χ0v) is 14.0. The Morgan fingerprint density at radius 1 is 0.962 bits per heavy atom. The minimum absolute atomic E-state index is 0.207. The maximum Gasteiger partial charge on any atom is 0.357 e. The van der Waals surface area contributed by atoms with Crippen LogP contribution in [0.1, 0.15) is 29.3 Å². The standard InChI is InChI=1S/C20H15N3O3/c1-12(18-22-16-9-5-3-7-14(16)19(24)23-18)26-20(25)17-11-10-13-6-2-4-8-15(13)21-17/h2-12H,1H3,(H,22,23,24)/t12-/m0/s1. The number of ether oxygens (including phenoxy) is 1. The van der Waals surface area contributed by atoms with Gasteiger partial charge in [0, 0.05) is 5.39 Å². The van der Waals surface area contributed by atoms with E-state index in [0.29, 0.717) is 22.2 Å². The highest BCUT2D eigenvalue weighted by Crippen LogP contribution is 2.17. The van der Waals surface area contributed by atoms with Crippen LogP contribution < -0.4 is 5.56 Å². The molecule has 0 aliphatic rings. The van der Waals surface area contributed by atoms with Gasteiger partial charge >= 0.3 is 5.97 Å². The van der Waals surface area contributed by atoms with Gasteiger partial charge in [0.15, 0.2) is 11.9 Å². The van der Waals surface area contributed by atoms with Crippen LogP contribution in [-0.4, -0.2) is 20.9 Å². The van der Waals surface area contributed by atoms with Gasteiger partial charge in [-0.1, -0.05) is 36.4 Å². The Bertz CT molecular complexity index is 1180. The third-order valence-corrected chi connectivity index (χ3v) is 4.11. The van der Waals surface area contributed by atoms with Crippen molar-refractivity contribution in [1.82, 2.24) is 15.0 Å². The highest BCUT2D eigenvalue weighted by molar-refractivity contribution is 5.91. The van der Waals surface area contributed by atoms with Crippen LogP contribution in [0.3, 0.4) is 0 Å². The van der Waals surface area contributed by atoms with Gasteiger partial charge in [0.1, 0.15) is 5.69 Å². The van der Waals surface area contributed by atoms with Crippen LogP contribution in [0.15, 0.2) is 65.5 Å². The van der Waals surface area contributed by atoms with Gasteiger partial charge in [-0.25, -0.2) is 14.8 Å². The normalized spacial score (nSPS) is 12.2. The molecule has 0 aliphatic heterocycles. The van der Waals surface area contributed by atoms with Gasteiger partial charge in [-0.15, -0.1) is 0 Å². The first-order valence-electron chi connectivity index (χ1n) is 8.17. The number of hydrogen-bond acceptors (Lipinski definition) is 5. The summed E-state index contributed by atoms with van der Waals surface area (Å²) in [5.74, 6) is -0.276. The highest BCUT2D eigenvalue weighted by Gasteiger charge is 2.18. The Balaban J connectivity index is 1.61. The molecule has 4 rings (SSSR count). The Labute approximate surface area is 148 Å². The second-order valence-corrected chi connectivity index (χ2v) is 5.91. The van der Waals surface area contributed by atoms with E-state index in [1.165, 1.54) is 0 Å². The number of nitrogens with zero attached hydrogens (tertiary/aromatic N) is 2. The second-order valence-electron chi connectivity index (χ2n) is 5.91. The summed E-state index contributed by atoms with van der Waals surface area (Å²) in [5.41, 5.74) is 1.21. The Hall–Kier alpha value is -3.54. The van der Waals surface area contributed by atoms with Crippen molar-refractivity contribution in [2.24, 2.45) is 0 Å². The van der Waals surface area contributed by atoms with E-state index in [-0.39, 0.29) is 11.3 Å². The van der Waals surface area contributed by atoms with Crippen molar-refractivity contribution in [1.29, 1.82) is 0 Å². The van der Waals surface area contributed by atoms with Crippen molar-refractivity contribution in [3.05, 3.63) is 82.5 Å². The molecule has 0 saturated carbocycles. The molecular formula is C20H15N3O3. The molecule has 0 spiro atoms. The number of carbonyl (C=O) groups is 1. The molecule has 0 unspecified atom stereocenters. The zero-order chi connectivity index (χ0) is 18.1. The van der Waals surface area contributed by atoms with Crippen LogP contribution in [0.4, 0.5) is 0 Å². The minimum Gasteiger partial charge on any atom is -0.450 e. The van der Waals surface area contributed by atoms with E-state index in [9.17, 15) is 9.59 Å². The molecule has 4 aromatic rings. The van der Waals surface area contributed by atoms with E-state index in [1.54, 1.807) is 37.3 Å². The number of nitrogens with one attached hydrogen (secondary N) is 1. The number of aromatic amines is 1. The Morgan fingerprint density at radius 2 is 1.69 bits per heavy atom. The van der Waals surface area contributed by atoms with Crippen LogP contribution in [0, 0.1) is 0 Å². The van der Waals surface area contributed by atoms with Crippen molar-refractivity contribution >= 4 is 27.8 Å². The molecule has 0 aliphatic carbocycles. The van der Waals surface area contributed by atoms with Crippen LogP contribution >= 0.6 is 0 Å². The molecule has 2 heterocycles. The van der Waals surface area contributed by atoms with Crippen LogP contribution in [0.5, 0.6) is 0 Å². The highest BCUT2D eigenvalue weighted by atomic mass is 16.5. The number of carbonyl (C=O) groups excluding carboxylic acids is 1. The lowest BCUT2D eigenvalue weighted by atomic mass is 10.2. The van der Waals surface area contributed by atoms with Gasteiger partial charge < -0.3 is 9.72 Å². The molecule has 1 N–H and O–H groups in total. The molecule has 1 atom stereocenters. The van der Waals surface area contributed by atoms with Crippen LogP contribution in [0.2, 0.25) is 0 Å². The Kier molecular flexibility index (Phi) is 3.93. The number of aromatic nitrogens is 3. The van der Waals surface area contributed by atoms with E-state index >= 15 is 0 Å². The van der Waals surface area contributed by atoms with E-state index < -0.39 is 12.1 Å². The maximum absolute atomic E-state index is 12.4. The summed E-state index contributed by atoms with van der Waals surface area (Å²) in [5, 5.41) is 1.43. The number of rotatable bonds is 3. The number of esters is 1. The van der Waals surface area contributed by atoms with Gasteiger partial charge in [0.2, 0.25) is 0 Å². The van der Waals surface area contributed by atoms with Gasteiger partial charge in [0.25, 0.3) is 5.56 Å². The van der Waals surface area contributed by atoms with Gasteiger partial charge in [-0.3, -0.25) is 4.79 Å². The first kappa shape index (κ1) is 16.0. The summed E-state index contributed by atoms with van der Waals surface area (Å²) < 4.78 is 5.44. The molecule has 26 heavy (non-hydrogen) atoms. The summed E-state index contributed by atoms with van der Waals surface area (Å²) in [6.07, 6.45) is -0.715. The first-order valence-corrected chi connectivity index (χ1v) is 8.17. The third kappa shape index (κ3) is 2.93. The third-order valence-electron chi connectivity index (χ3n) is 4.11. The minimum atomic E-state index is -0.715. The number of fused-ring (bicyclic) bond motifs is 2. The maximum atomic E-state index is 12.4. The predicted molar refractivity (Wildman–Crippen MR) is 97.9 cm³/mol. The largest absolute Gasteiger partial charge is 0.450 e. The number of hydrogen-bond donors (Lipinski definition) is 1. The second kappa shape index (κ2) is 6.40. The average Bonchev–Trinajstić information content (AvgIpc) is 2.67. The van der Waals surface area contributed by atoms with Crippen molar-refractivity contribution < 1.29 is 9.53 Å². The van der Waals surface area contributed by atoms with Crippen LogP contribution in [0.25, 0.3) is 21.8 Å². The lowest BCUT2D eigenvalue weighted by Crippen LogP contribution is -2.18. The van der Waals surface area contributed by atoms with Crippen molar-refractivity contribution in [2.75, 3.05) is 0 Å². The lowest BCUT2D eigenvalue weighted by molar-refractivity contribution is 0.0313. The SMILES string of the molecule is C[C@H](OC(=O)c1ccc2ccccc2n1)c1nc2ccccc2c(=O)[nH]1. The smallest absolute Gasteiger partial charge is 0.357 e. The van der Waals surface area contributed by atoms with Gasteiger partial charge in [0.05, 0.1) is 16.4 Å². The van der Waals surface area contributed by atoms with Crippen molar-refractivity contribution in [3.8, 4) is 0 Å². The molecule has 0 radical (unpaired) electrons. The van der Waals surface area contributed by atoms with E-state index in [1.807, 2.05) is 30.3 Å². The summed E-state index contributed by atoms with van der Waals surface area (Å²) in [6, 6.07) is 18.0. The van der Waals surface area contributed by atoms with Crippen LogP contribution in [-0.2, 0) is 4.74 Å². The van der Waals surface area contributed by atoms with E-state index in [0.717, 1.165) is 5.39 Å². The zero-order valence-electron chi connectivity index (χ0n) is 14.0. The fraction of sp³-hybridized carbons (Fsp3) is 0.100. The molecule has 0 amide bonds. The van der Waals surface area contributed by atoms with Crippen molar-refractivity contribution in [3.63, 3.8) is 0 Å². The molecule has 0 bridgehead atoms. The molecule has 2 aromatic carbocycles. The quantitative estimate of drug-likeness (QED) is 0.575. The molecule has 6 nitrogen and oxygen atoms in total. The number of pyridine rings is 1. The summed E-state index contributed by atoms with van der Waals surface area (Å²) in [6.45, 7) is 1.66. The average molecular weight is 345 g/mol. The summed E-state index contributed by atoms with van der Waals surface area (Å²) in [7, 11) is 0. The predicted octanol–water partition coefficient (Wildman–Crippen LogP) is 3.39. The van der Waals surface area contributed by atoms with Gasteiger partial charge in [-0.2, -0.15) is 0 Å². The monoisotopic (exact) mass is 345 g/mol. The van der Waals surface area contributed by atoms with E-state index in [2.05, 4.69) is 15.0 Å². The molecule has 6 heteroatoms. The fourth-order valence-electron chi connectivity index (χ4n) is 2.75. The summed E-state index contributed by atoms with van der Waals surface area (Å²) in [4.78, 5) is 35.9. The van der Waals surface area contributed by atoms with Gasteiger partial charge in [-0.05, 0) is 31.2 Å². The topological polar surface area (TPSA) is 84.9 Å². The molecule has 128 valence electrons. The lowest BCUT2D eigenvalue weighted by Gasteiger charge is -2.13. The number of H-pyrrole nitrogens is 1. The molecular weight excluding hydrogens is 330 g/mol. The number of benzene rings is 2. The Morgan fingerprint density at radius 3 is 2.54 bits per heavy atom. The number of para-hydroxylation sites is 2. The first-order chi connectivity index (χ1) is 12.6.